The largest absolute Gasteiger partial charge is 0.103 e. The summed E-state index contributed by atoms with van der Waals surface area (Å²) in [6, 6.07) is 0. The molecule has 2 rings (SSSR count). The first-order valence-corrected chi connectivity index (χ1v) is 4.05. The van der Waals surface area contributed by atoms with Gasteiger partial charge in [0.2, 0.25) is 0 Å². The van der Waals surface area contributed by atoms with E-state index < -0.39 is 0 Å². The molecule has 0 nitrogen and oxygen atoms in total. The maximum Gasteiger partial charge on any atom is -0.0135 e. The molecule has 1 fully saturated rings. The molecular weight excluding hydrogens is 120 g/mol. The summed E-state index contributed by atoms with van der Waals surface area (Å²) < 4.78 is 0. The van der Waals surface area contributed by atoms with Crippen molar-refractivity contribution < 1.29 is 0 Å². The zero-order chi connectivity index (χ0) is 7.19. The molecule has 1 saturated carbocycles. The Morgan fingerprint density at radius 2 is 2.40 bits per heavy atom. The minimum Gasteiger partial charge on any atom is -0.103 e. The lowest BCUT2D eigenvalue weighted by Crippen LogP contribution is -2.08. The summed E-state index contributed by atoms with van der Waals surface area (Å²) in [4.78, 5) is 0. The molecule has 0 radical (unpaired) electrons. The fraction of sp³-hybridized carbons (Fsp3) is 0.600. The third-order valence-electron chi connectivity index (χ3n) is 3.00. The topological polar surface area (TPSA) is 0 Å². The van der Waals surface area contributed by atoms with Crippen molar-refractivity contribution in [2.45, 2.75) is 19.8 Å². The Bertz CT molecular complexity index is 190. The molecular formula is C10H14. The van der Waals surface area contributed by atoms with Gasteiger partial charge in [0.05, 0.1) is 0 Å². The van der Waals surface area contributed by atoms with E-state index in [1.807, 2.05) is 0 Å². The highest BCUT2D eigenvalue weighted by Gasteiger charge is 2.41. The van der Waals surface area contributed by atoms with Gasteiger partial charge in [-0.05, 0) is 30.1 Å². The molecule has 0 aromatic heterocycles. The zero-order valence-corrected chi connectivity index (χ0v) is 6.51. The van der Waals surface area contributed by atoms with Gasteiger partial charge in [0.25, 0.3) is 0 Å². The van der Waals surface area contributed by atoms with Crippen molar-refractivity contribution in [1.82, 2.24) is 0 Å². The van der Waals surface area contributed by atoms with Crippen LogP contribution in [-0.4, -0.2) is 0 Å². The Kier molecular flexibility index (Phi) is 1.08. The highest BCUT2D eigenvalue weighted by Crippen LogP contribution is 2.52. The third kappa shape index (κ3) is 0.681. The lowest BCUT2D eigenvalue weighted by atomic mass is 9.87. The Morgan fingerprint density at radius 3 is 2.70 bits per heavy atom. The molecule has 2 bridgehead atoms. The van der Waals surface area contributed by atoms with Crippen molar-refractivity contribution in [3.05, 3.63) is 24.8 Å². The lowest BCUT2D eigenvalue weighted by Gasteiger charge is -2.18. The molecule has 2 aliphatic carbocycles. The van der Waals surface area contributed by atoms with Crippen molar-refractivity contribution in [3.8, 4) is 0 Å². The van der Waals surface area contributed by atoms with Gasteiger partial charge in [0.1, 0.15) is 0 Å². The van der Waals surface area contributed by atoms with Crippen LogP contribution in [0.4, 0.5) is 0 Å². The first kappa shape index (κ1) is 6.21. The summed E-state index contributed by atoms with van der Waals surface area (Å²) in [7, 11) is 0. The predicted octanol–water partition coefficient (Wildman–Crippen LogP) is 2.77. The Balaban J connectivity index is 2.25. The fourth-order valence-corrected chi connectivity index (χ4v) is 2.42. The van der Waals surface area contributed by atoms with Gasteiger partial charge in [-0.3, -0.25) is 0 Å². The van der Waals surface area contributed by atoms with Crippen LogP contribution in [0.15, 0.2) is 24.8 Å². The Hall–Kier alpha value is -0.520. The normalized spacial score (nSPS) is 50.1. The average Bonchev–Trinajstić information content (AvgIpc) is 2.41. The zero-order valence-electron chi connectivity index (χ0n) is 6.51. The van der Waals surface area contributed by atoms with Crippen LogP contribution >= 0.6 is 0 Å². The molecule has 0 amide bonds. The molecule has 2 aliphatic rings. The van der Waals surface area contributed by atoms with E-state index in [2.05, 4.69) is 31.7 Å². The average molecular weight is 134 g/mol. The minimum atomic E-state index is 0.531. The van der Waals surface area contributed by atoms with Gasteiger partial charge in [0, 0.05) is 0 Å². The predicted molar refractivity (Wildman–Crippen MR) is 43.7 cm³/mol. The van der Waals surface area contributed by atoms with Crippen LogP contribution in [0.2, 0.25) is 0 Å². The van der Waals surface area contributed by atoms with E-state index in [0.717, 1.165) is 11.8 Å². The number of fused-ring (bicyclic) bond motifs is 2. The van der Waals surface area contributed by atoms with E-state index in [4.69, 9.17) is 0 Å². The van der Waals surface area contributed by atoms with Crippen LogP contribution in [0, 0.1) is 17.3 Å². The van der Waals surface area contributed by atoms with E-state index in [1.165, 1.54) is 12.8 Å². The van der Waals surface area contributed by atoms with Gasteiger partial charge in [-0.2, -0.15) is 0 Å². The lowest BCUT2D eigenvalue weighted by molar-refractivity contribution is 0.438. The van der Waals surface area contributed by atoms with Crippen LogP contribution in [0.25, 0.3) is 0 Å². The quantitative estimate of drug-likeness (QED) is 0.484. The van der Waals surface area contributed by atoms with Crippen molar-refractivity contribution in [1.29, 1.82) is 0 Å². The maximum absolute atomic E-state index is 3.86. The van der Waals surface area contributed by atoms with E-state index in [9.17, 15) is 0 Å². The number of allylic oxidation sites excluding steroid dienone is 3. The summed E-state index contributed by atoms with van der Waals surface area (Å²) in [5.74, 6) is 1.59. The molecule has 0 heterocycles. The first-order valence-electron chi connectivity index (χ1n) is 4.05. The first-order chi connectivity index (χ1) is 4.73. The molecule has 0 spiro atoms. The molecule has 0 aliphatic heterocycles. The number of rotatable bonds is 1. The molecule has 0 heteroatoms. The van der Waals surface area contributed by atoms with Crippen molar-refractivity contribution >= 4 is 0 Å². The monoisotopic (exact) mass is 134 g/mol. The Morgan fingerprint density at radius 1 is 1.60 bits per heavy atom. The van der Waals surface area contributed by atoms with Crippen LogP contribution in [0.3, 0.4) is 0 Å². The number of hydrogen-bond acceptors (Lipinski definition) is 0. The summed E-state index contributed by atoms with van der Waals surface area (Å²) in [5.41, 5.74) is 0.531. The Labute approximate surface area is 62.6 Å². The molecule has 0 aromatic rings. The van der Waals surface area contributed by atoms with Gasteiger partial charge >= 0.3 is 0 Å². The van der Waals surface area contributed by atoms with Crippen LogP contribution in [0.5, 0.6) is 0 Å². The number of hydrogen-bond donors (Lipinski definition) is 0. The standard InChI is InChI=1S/C10H14/c1-3-8-6-10(2)5-4-9(8)7-10/h3-5,8-9H,1,6-7H2,2H3/t8-,9+,10+/m0/s1. The van der Waals surface area contributed by atoms with Crippen LogP contribution in [0.1, 0.15) is 19.8 Å². The van der Waals surface area contributed by atoms with E-state index in [1.54, 1.807) is 0 Å². The SMILES string of the molecule is C=C[C@H]1C[C@@]2(C)C=C[C@@H]1C2. The highest BCUT2D eigenvalue weighted by atomic mass is 14.5. The summed E-state index contributed by atoms with van der Waals surface area (Å²) >= 11 is 0. The van der Waals surface area contributed by atoms with Crippen molar-refractivity contribution in [2.24, 2.45) is 17.3 Å². The van der Waals surface area contributed by atoms with E-state index >= 15 is 0 Å². The molecule has 0 unspecified atom stereocenters. The van der Waals surface area contributed by atoms with Gasteiger partial charge in [0.15, 0.2) is 0 Å². The smallest absolute Gasteiger partial charge is 0.0135 e. The maximum atomic E-state index is 3.86. The fourth-order valence-electron chi connectivity index (χ4n) is 2.42. The third-order valence-corrected chi connectivity index (χ3v) is 3.00. The van der Waals surface area contributed by atoms with Crippen LogP contribution < -0.4 is 0 Å². The second kappa shape index (κ2) is 1.75. The molecule has 3 atom stereocenters. The summed E-state index contributed by atoms with van der Waals surface area (Å²) in [6.45, 7) is 6.21. The minimum absolute atomic E-state index is 0.531. The van der Waals surface area contributed by atoms with Gasteiger partial charge < -0.3 is 0 Å². The molecule has 54 valence electrons. The molecule has 0 N–H and O–H groups in total. The van der Waals surface area contributed by atoms with E-state index in [0.29, 0.717) is 5.41 Å². The molecule has 0 saturated heterocycles. The van der Waals surface area contributed by atoms with Crippen molar-refractivity contribution in [2.75, 3.05) is 0 Å². The van der Waals surface area contributed by atoms with Gasteiger partial charge in [-0.15, -0.1) is 6.58 Å². The summed E-state index contributed by atoms with van der Waals surface area (Å²) in [6.07, 6.45) is 9.58. The second-order valence-electron chi connectivity index (χ2n) is 3.98. The summed E-state index contributed by atoms with van der Waals surface area (Å²) in [5, 5.41) is 0. The van der Waals surface area contributed by atoms with Gasteiger partial charge in [-0.1, -0.05) is 25.2 Å². The van der Waals surface area contributed by atoms with Crippen LogP contribution in [-0.2, 0) is 0 Å². The van der Waals surface area contributed by atoms with Gasteiger partial charge in [-0.25, -0.2) is 0 Å². The highest BCUT2D eigenvalue weighted by molar-refractivity contribution is 5.18. The molecule has 10 heavy (non-hydrogen) atoms. The molecule has 0 aromatic carbocycles. The second-order valence-corrected chi connectivity index (χ2v) is 3.98. The van der Waals surface area contributed by atoms with E-state index in [-0.39, 0.29) is 0 Å². The van der Waals surface area contributed by atoms with Crippen molar-refractivity contribution in [3.63, 3.8) is 0 Å².